The van der Waals surface area contributed by atoms with Crippen LogP contribution in [-0.2, 0) is 10.3 Å². The van der Waals surface area contributed by atoms with Crippen molar-refractivity contribution in [2.75, 3.05) is 11.9 Å². The highest BCUT2D eigenvalue weighted by Gasteiger charge is 2.59. The summed E-state index contributed by atoms with van der Waals surface area (Å²) in [5.41, 5.74) is 2.69. The molecule has 0 unspecified atom stereocenters. The molecule has 0 saturated carbocycles. The lowest BCUT2D eigenvalue weighted by molar-refractivity contribution is -0.384. The number of non-ortho nitro benzene ring substituents is 1. The summed E-state index contributed by atoms with van der Waals surface area (Å²) >= 11 is 0. The van der Waals surface area contributed by atoms with Crippen molar-refractivity contribution < 1.29 is 9.76 Å². The van der Waals surface area contributed by atoms with Crippen LogP contribution in [-0.4, -0.2) is 23.9 Å². The van der Waals surface area contributed by atoms with Crippen molar-refractivity contribution in [3.63, 3.8) is 0 Å². The Kier molecular flexibility index (Phi) is 3.73. The third-order valence-corrected chi connectivity index (χ3v) is 5.52. The van der Waals surface area contributed by atoms with E-state index in [1.165, 1.54) is 12.1 Å². The summed E-state index contributed by atoms with van der Waals surface area (Å²) in [6.45, 7) is 4.28. The molecule has 0 radical (unpaired) electrons. The van der Waals surface area contributed by atoms with Crippen molar-refractivity contribution in [3.05, 3.63) is 58.1 Å². The van der Waals surface area contributed by atoms with E-state index in [0.717, 1.165) is 11.3 Å². The number of fused-ring (bicyclic) bond motifs is 1. The molecule has 2 aromatic carbocycles. The molecule has 0 N–H and O–H groups in total. The Hall–Kier alpha value is -3.29. The molecule has 8 heteroatoms. The number of nitro benzene ring substituents is 1. The van der Waals surface area contributed by atoms with Crippen LogP contribution in [0.5, 0.6) is 0 Å². The van der Waals surface area contributed by atoms with E-state index in [2.05, 4.69) is 34.1 Å². The van der Waals surface area contributed by atoms with E-state index in [9.17, 15) is 10.1 Å². The second-order valence-corrected chi connectivity index (χ2v) is 7.23. The molecule has 2 aliphatic heterocycles. The van der Waals surface area contributed by atoms with Gasteiger partial charge in [0.05, 0.1) is 21.7 Å². The Morgan fingerprint density at radius 3 is 2.44 bits per heavy atom. The van der Waals surface area contributed by atoms with Gasteiger partial charge in [-0.3, -0.25) is 10.1 Å². The molecule has 0 saturated heterocycles. The Bertz CT molecular complexity index is 958. The number of oxime groups is 1. The van der Waals surface area contributed by atoms with Crippen LogP contribution in [0.2, 0.25) is 0 Å². The van der Waals surface area contributed by atoms with Crippen LogP contribution in [0, 0.1) is 10.1 Å². The zero-order valence-corrected chi connectivity index (χ0v) is 15.3. The van der Waals surface area contributed by atoms with Gasteiger partial charge in [-0.2, -0.15) is 10.2 Å². The summed E-state index contributed by atoms with van der Waals surface area (Å²) in [4.78, 5) is 18.2. The van der Waals surface area contributed by atoms with E-state index in [0.29, 0.717) is 17.8 Å². The van der Waals surface area contributed by atoms with Crippen molar-refractivity contribution in [2.24, 2.45) is 15.4 Å². The quantitative estimate of drug-likeness (QED) is 0.442. The van der Waals surface area contributed by atoms with Crippen LogP contribution in [0.15, 0.2) is 57.8 Å². The van der Waals surface area contributed by atoms with Crippen LogP contribution in [0.25, 0.3) is 0 Å². The Morgan fingerprint density at radius 2 is 1.81 bits per heavy atom. The highest BCUT2D eigenvalue weighted by Crippen LogP contribution is 2.54. The Balaban J connectivity index is 1.64. The van der Waals surface area contributed by atoms with Gasteiger partial charge in [0.15, 0.2) is 0 Å². The maximum Gasteiger partial charge on any atom is 0.269 e. The first-order valence-corrected chi connectivity index (χ1v) is 8.60. The fourth-order valence-electron chi connectivity index (χ4n) is 3.85. The second-order valence-electron chi connectivity index (χ2n) is 7.23. The molecule has 0 fully saturated rings. The fourth-order valence-corrected chi connectivity index (χ4v) is 3.85. The number of benzene rings is 2. The van der Waals surface area contributed by atoms with E-state index in [4.69, 9.17) is 4.84 Å². The minimum atomic E-state index is -0.524. The lowest BCUT2D eigenvalue weighted by atomic mass is 9.76. The summed E-state index contributed by atoms with van der Waals surface area (Å²) in [7, 11) is 2.01. The van der Waals surface area contributed by atoms with Crippen LogP contribution in [0.4, 0.5) is 22.7 Å². The topological polar surface area (TPSA) is 92.7 Å². The first-order chi connectivity index (χ1) is 12.8. The largest absolute Gasteiger partial charge is 0.366 e. The maximum absolute atomic E-state index is 10.7. The summed E-state index contributed by atoms with van der Waals surface area (Å²) < 4.78 is 0. The molecular formula is C19H19N5O3. The lowest BCUT2D eigenvalue weighted by Crippen LogP contribution is -2.54. The van der Waals surface area contributed by atoms with Crippen molar-refractivity contribution in [1.82, 2.24) is 0 Å². The average molecular weight is 365 g/mol. The number of rotatable bonds is 3. The van der Waals surface area contributed by atoms with Gasteiger partial charge in [0.1, 0.15) is 0 Å². The smallest absolute Gasteiger partial charge is 0.269 e. The first-order valence-electron chi connectivity index (χ1n) is 8.60. The third kappa shape index (κ3) is 2.48. The number of likely N-dealkylation sites (N-methyl/N-ethyl adjacent to an activating group) is 1. The molecule has 2 heterocycles. The van der Waals surface area contributed by atoms with Crippen LogP contribution >= 0.6 is 0 Å². The van der Waals surface area contributed by atoms with Crippen molar-refractivity contribution in [2.45, 2.75) is 31.4 Å². The number of anilines is 1. The predicted octanol–water partition coefficient (Wildman–Crippen LogP) is 4.84. The number of hydrogen-bond donors (Lipinski definition) is 0. The molecule has 27 heavy (non-hydrogen) atoms. The predicted molar refractivity (Wildman–Crippen MR) is 102 cm³/mol. The van der Waals surface area contributed by atoms with Crippen molar-refractivity contribution >= 4 is 29.0 Å². The number of azo groups is 1. The van der Waals surface area contributed by atoms with Gasteiger partial charge in [-0.05, 0) is 49.7 Å². The first kappa shape index (κ1) is 17.1. The third-order valence-electron chi connectivity index (χ3n) is 5.52. The summed E-state index contributed by atoms with van der Waals surface area (Å²) in [5, 5.41) is 23.2. The molecule has 8 nitrogen and oxygen atoms in total. The van der Waals surface area contributed by atoms with Gasteiger partial charge >= 0.3 is 0 Å². The maximum atomic E-state index is 10.7. The number of nitro groups is 1. The molecule has 0 aliphatic carbocycles. The molecule has 2 aliphatic rings. The SMILES string of the molecule is CN1c2ccc(N=Nc3ccc([N+](=O)[O-])cc3)cc2C(C)(C)[C@]12CC=NO2. The van der Waals surface area contributed by atoms with Crippen LogP contribution in [0.3, 0.4) is 0 Å². The normalized spacial score (nSPS) is 22.4. The van der Waals surface area contributed by atoms with Crippen molar-refractivity contribution in [1.29, 1.82) is 0 Å². The van der Waals surface area contributed by atoms with Crippen LogP contribution < -0.4 is 4.90 Å². The van der Waals surface area contributed by atoms with Crippen molar-refractivity contribution in [3.8, 4) is 0 Å². The fraction of sp³-hybridized carbons (Fsp3) is 0.316. The van der Waals surface area contributed by atoms with Gasteiger partial charge in [-0.15, -0.1) is 0 Å². The van der Waals surface area contributed by atoms with Gasteiger partial charge in [-0.1, -0.05) is 5.16 Å². The van der Waals surface area contributed by atoms with E-state index in [-0.39, 0.29) is 11.1 Å². The lowest BCUT2D eigenvalue weighted by Gasteiger charge is -2.40. The minimum absolute atomic E-state index is 0.0281. The highest BCUT2D eigenvalue weighted by atomic mass is 16.7. The molecule has 138 valence electrons. The van der Waals surface area contributed by atoms with Crippen LogP contribution in [0.1, 0.15) is 25.8 Å². The zero-order chi connectivity index (χ0) is 19.2. The Labute approximate surface area is 156 Å². The van der Waals surface area contributed by atoms with E-state index >= 15 is 0 Å². The molecule has 2 aromatic rings. The van der Waals surface area contributed by atoms with Gasteiger partial charge in [0.2, 0.25) is 5.72 Å². The average Bonchev–Trinajstić information content (AvgIpc) is 3.22. The van der Waals surface area contributed by atoms with Gasteiger partial charge < -0.3 is 9.74 Å². The summed E-state index contributed by atoms with van der Waals surface area (Å²) in [6.07, 6.45) is 2.52. The monoisotopic (exact) mass is 365 g/mol. The molecule has 1 spiro atoms. The molecule has 1 atom stereocenters. The van der Waals surface area contributed by atoms with Gasteiger partial charge in [0.25, 0.3) is 5.69 Å². The number of nitrogens with zero attached hydrogens (tertiary/aromatic N) is 5. The minimum Gasteiger partial charge on any atom is -0.366 e. The summed E-state index contributed by atoms with van der Waals surface area (Å²) in [5.74, 6) is 0. The second kappa shape index (κ2) is 5.87. The van der Waals surface area contributed by atoms with Gasteiger partial charge in [0, 0.05) is 37.5 Å². The van der Waals surface area contributed by atoms with Gasteiger partial charge in [-0.25, -0.2) is 0 Å². The summed E-state index contributed by atoms with van der Waals surface area (Å²) in [6, 6.07) is 11.9. The Morgan fingerprint density at radius 1 is 1.15 bits per heavy atom. The standard InChI is InChI=1S/C19H19N5O3/c1-18(2)16-12-14(22-21-13-4-7-15(8-5-13)24(25)26)6-9-17(16)23(3)19(18)10-11-20-27-19/h4-9,11-12H,10H2,1-3H3/t19-/m1/s1. The molecule has 0 amide bonds. The van der Waals surface area contributed by atoms with E-state index in [1.54, 1.807) is 18.3 Å². The molecule has 0 bridgehead atoms. The van der Waals surface area contributed by atoms with E-state index in [1.807, 2.05) is 25.2 Å². The number of hydrogen-bond acceptors (Lipinski definition) is 7. The van der Waals surface area contributed by atoms with E-state index < -0.39 is 10.6 Å². The zero-order valence-electron chi connectivity index (χ0n) is 15.3. The molecule has 4 rings (SSSR count). The molecular weight excluding hydrogens is 346 g/mol. The highest BCUT2D eigenvalue weighted by molar-refractivity contribution is 5.73. The molecule has 0 aromatic heterocycles.